The van der Waals surface area contributed by atoms with E-state index in [4.69, 9.17) is 5.73 Å². The summed E-state index contributed by atoms with van der Waals surface area (Å²) in [4.78, 5) is 42.9. The second-order valence-corrected chi connectivity index (χ2v) is 8.75. The first-order valence-corrected chi connectivity index (χ1v) is 11.1. The quantitative estimate of drug-likeness (QED) is 0.558. The molecule has 1 atom stereocenters. The van der Waals surface area contributed by atoms with E-state index in [-0.39, 0.29) is 24.1 Å². The average molecular weight is 434 g/mol. The van der Waals surface area contributed by atoms with Crippen molar-refractivity contribution in [2.75, 3.05) is 36.8 Å². The highest BCUT2D eigenvalue weighted by Gasteiger charge is 2.39. The highest BCUT2D eigenvalue weighted by Crippen LogP contribution is 2.29. The van der Waals surface area contributed by atoms with Crippen LogP contribution >= 0.6 is 0 Å². The predicted octanol–water partition coefficient (Wildman–Crippen LogP) is 1.35. The molecule has 32 heavy (non-hydrogen) atoms. The monoisotopic (exact) mass is 433 g/mol. The van der Waals surface area contributed by atoms with Crippen molar-refractivity contribution in [2.24, 2.45) is 0 Å². The number of nitrogens with one attached hydrogen (secondary N) is 1. The molecule has 8 nitrogen and oxygen atoms in total. The lowest BCUT2D eigenvalue weighted by Gasteiger charge is -2.36. The van der Waals surface area contributed by atoms with Crippen LogP contribution in [0, 0.1) is 0 Å². The number of imide groups is 1. The summed E-state index contributed by atoms with van der Waals surface area (Å²) in [6, 6.07) is 13.4. The number of nitrogens with zero attached hydrogens (tertiary/aromatic N) is 3. The van der Waals surface area contributed by atoms with Crippen molar-refractivity contribution in [3.05, 3.63) is 59.2 Å². The molecule has 2 aromatic carbocycles. The van der Waals surface area contributed by atoms with Gasteiger partial charge in [0, 0.05) is 62.6 Å². The summed E-state index contributed by atoms with van der Waals surface area (Å²) in [6.45, 7) is 5.08. The zero-order valence-electron chi connectivity index (χ0n) is 17.9. The maximum absolute atomic E-state index is 12.9. The zero-order chi connectivity index (χ0) is 22.2. The number of anilines is 2. The van der Waals surface area contributed by atoms with Crippen molar-refractivity contribution >= 4 is 29.1 Å². The minimum absolute atomic E-state index is 0.127. The number of carbonyl (C=O) groups is 3. The van der Waals surface area contributed by atoms with Crippen LogP contribution in [0.4, 0.5) is 11.4 Å². The standard InChI is InChI=1S/C24H27N5O3/c25-18-2-4-19(5-3-18)28-11-9-27(10-12-28)14-16-1-6-20-17(13-16)15-29(24(20)32)21-7-8-22(30)26-23(21)31/h1-6,13,21H,7-12,14-15,25H2,(H,26,30,31). The Labute approximate surface area is 187 Å². The van der Waals surface area contributed by atoms with Gasteiger partial charge in [-0.05, 0) is 47.9 Å². The molecule has 0 aliphatic carbocycles. The highest BCUT2D eigenvalue weighted by atomic mass is 16.2. The van der Waals surface area contributed by atoms with Crippen LogP contribution < -0.4 is 16.0 Å². The fraction of sp³-hybridized carbons (Fsp3) is 0.375. The molecule has 2 fully saturated rings. The van der Waals surface area contributed by atoms with E-state index in [0.717, 1.165) is 44.0 Å². The van der Waals surface area contributed by atoms with E-state index in [1.165, 1.54) is 11.3 Å². The van der Waals surface area contributed by atoms with Crippen molar-refractivity contribution in [3.63, 3.8) is 0 Å². The number of fused-ring (bicyclic) bond motifs is 1. The number of rotatable bonds is 4. The normalized spacial score (nSPS) is 21.6. The minimum atomic E-state index is -0.572. The Morgan fingerprint density at radius 1 is 0.969 bits per heavy atom. The average Bonchev–Trinajstić information content (AvgIpc) is 3.10. The van der Waals surface area contributed by atoms with Crippen LogP contribution in [-0.4, -0.2) is 59.7 Å². The Kier molecular flexibility index (Phi) is 5.30. The van der Waals surface area contributed by atoms with Crippen LogP contribution in [0.2, 0.25) is 0 Å². The van der Waals surface area contributed by atoms with E-state index < -0.39 is 6.04 Å². The minimum Gasteiger partial charge on any atom is -0.399 e. The van der Waals surface area contributed by atoms with E-state index in [9.17, 15) is 14.4 Å². The summed E-state index contributed by atoms with van der Waals surface area (Å²) in [7, 11) is 0. The van der Waals surface area contributed by atoms with Crippen molar-refractivity contribution in [3.8, 4) is 0 Å². The molecule has 166 valence electrons. The zero-order valence-corrected chi connectivity index (χ0v) is 17.9. The van der Waals surface area contributed by atoms with Crippen LogP contribution in [0.1, 0.15) is 34.3 Å². The topological polar surface area (TPSA) is 99.0 Å². The number of benzene rings is 2. The van der Waals surface area contributed by atoms with E-state index >= 15 is 0 Å². The maximum atomic E-state index is 12.9. The van der Waals surface area contributed by atoms with Crippen LogP contribution in [0.25, 0.3) is 0 Å². The molecular weight excluding hydrogens is 406 g/mol. The number of hydrogen-bond acceptors (Lipinski definition) is 6. The summed E-state index contributed by atoms with van der Waals surface area (Å²) in [6.07, 6.45) is 0.652. The molecule has 0 spiro atoms. The van der Waals surface area contributed by atoms with E-state index in [1.807, 2.05) is 24.3 Å². The number of carbonyl (C=O) groups excluding carboxylic acids is 3. The summed E-state index contributed by atoms with van der Waals surface area (Å²) in [5.41, 5.74) is 10.5. The number of amides is 3. The van der Waals surface area contributed by atoms with Gasteiger partial charge in [-0.25, -0.2) is 0 Å². The Morgan fingerprint density at radius 2 is 1.72 bits per heavy atom. The number of nitrogens with two attached hydrogens (primary N) is 1. The van der Waals surface area contributed by atoms with Gasteiger partial charge in [-0.15, -0.1) is 0 Å². The fourth-order valence-electron chi connectivity index (χ4n) is 4.83. The Hall–Kier alpha value is -3.39. The second-order valence-electron chi connectivity index (χ2n) is 8.75. The van der Waals surface area contributed by atoms with Gasteiger partial charge in [0.2, 0.25) is 11.8 Å². The molecular formula is C24H27N5O3. The summed E-state index contributed by atoms with van der Waals surface area (Å²) < 4.78 is 0. The van der Waals surface area contributed by atoms with Crippen molar-refractivity contribution < 1.29 is 14.4 Å². The molecule has 3 N–H and O–H groups in total. The van der Waals surface area contributed by atoms with Gasteiger partial charge in [0.05, 0.1) is 0 Å². The highest BCUT2D eigenvalue weighted by molar-refractivity contribution is 6.05. The van der Waals surface area contributed by atoms with Crippen LogP contribution in [0.3, 0.4) is 0 Å². The van der Waals surface area contributed by atoms with Crippen molar-refractivity contribution in [2.45, 2.75) is 32.0 Å². The second kappa shape index (κ2) is 8.27. The van der Waals surface area contributed by atoms with Gasteiger partial charge in [0.1, 0.15) is 6.04 Å². The molecule has 2 saturated heterocycles. The molecule has 1 unspecified atom stereocenters. The Morgan fingerprint density at radius 3 is 2.44 bits per heavy atom. The molecule has 8 heteroatoms. The molecule has 3 amide bonds. The van der Waals surface area contributed by atoms with Crippen LogP contribution in [0.5, 0.6) is 0 Å². The van der Waals surface area contributed by atoms with Gasteiger partial charge in [-0.3, -0.25) is 24.6 Å². The smallest absolute Gasteiger partial charge is 0.255 e. The lowest BCUT2D eigenvalue weighted by atomic mass is 10.0. The predicted molar refractivity (Wildman–Crippen MR) is 121 cm³/mol. The van der Waals surface area contributed by atoms with Crippen molar-refractivity contribution in [1.29, 1.82) is 0 Å². The largest absolute Gasteiger partial charge is 0.399 e. The van der Waals surface area contributed by atoms with Gasteiger partial charge >= 0.3 is 0 Å². The van der Waals surface area contributed by atoms with Gasteiger partial charge in [0.15, 0.2) is 0 Å². The number of piperidine rings is 1. The van der Waals surface area contributed by atoms with E-state index in [0.29, 0.717) is 18.5 Å². The number of piperazine rings is 1. The number of nitrogen functional groups attached to an aromatic ring is 1. The van der Waals surface area contributed by atoms with E-state index in [2.05, 4.69) is 33.3 Å². The molecule has 5 rings (SSSR count). The molecule has 3 aliphatic heterocycles. The van der Waals surface area contributed by atoms with Crippen molar-refractivity contribution in [1.82, 2.24) is 15.1 Å². The summed E-state index contributed by atoms with van der Waals surface area (Å²) >= 11 is 0. The SMILES string of the molecule is Nc1ccc(N2CCN(Cc3ccc4c(c3)CN(C3CCC(=O)NC3=O)C4=O)CC2)cc1. The molecule has 0 bridgehead atoms. The molecule has 3 aliphatic rings. The summed E-state index contributed by atoms with van der Waals surface area (Å²) in [5, 5.41) is 2.35. The van der Waals surface area contributed by atoms with Crippen LogP contribution in [-0.2, 0) is 22.7 Å². The Balaban J connectivity index is 1.21. The molecule has 3 heterocycles. The first-order chi connectivity index (χ1) is 15.5. The third-order valence-corrected chi connectivity index (χ3v) is 6.62. The molecule has 0 saturated carbocycles. The van der Waals surface area contributed by atoms with E-state index in [1.54, 1.807) is 4.90 Å². The first kappa shape index (κ1) is 20.5. The maximum Gasteiger partial charge on any atom is 0.255 e. The third-order valence-electron chi connectivity index (χ3n) is 6.62. The van der Waals surface area contributed by atoms with Gasteiger partial charge in [0.25, 0.3) is 5.91 Å². The lowest BCUT2D eigenvalue weighted by Crippen LogP contribution is -2.52. The lowest BCUT2D eigenvalue weighted by molar-refractivity contribution is -0.136. The van der Waals surface area contributed by atoms with Crippen LogP contribution in [0.15, 0.2) is 42.5 Å². The van der Waals surface area contributed by atoms with Gasteiger partial charge in [-0.1, -0.05) is 12.1 Å². The van der Waals surface area contributed by atoms with Gasteiger partial charge in [-0.2, -0.15) is 0 Å². The third kappa shape index (κ3) is 3.93. The molecule has 0 aromatic heterocycles. The van der Waals surface area contributed by atoms with Gasteiger partial charge < -0.3 is 15.5 Å². The Bertz CT molecular complexity index is 1060. The molecule has 2 aromatic rings. The fourth-order valence-corrected chi connectivity index (χ4v) is 4.83. The first-order valence-electron chi connectivity index (χ1n) is 11.1. The summed E-state index contributed by atoms with van der Waals surface area (Å²) in [5.74, 6) is -0.769. The molecule has 0 radical (unpaired) electrons. The number of hydrogen-bond donors (Lipinski definition) is 2.